The first-order valence-corrected chi connectivity index (χ1v) is 8.59. The number of hydrogen-bond acceptors (Lipinski definition) is 3. The standard InChI is InChI=1S/C17H36O3/c1-4-7-9-11-14(6-3)15(12-10-8-5-2)17(20)16(19)13-18/h14-20H,4-13H2,1-3H3. The van der Waals surface area contributed by atoms with Crippen molar-refractivity contribution in [2.75, 3.05) is 6.61 Å². The highest BCUT2D eigenvalue weighted by atomic mass is 16.4. The highest BCUT2D eigenvalue weighted by Gasteiger charge is 2.30. The van der Waals surface area contributed by atoms with Crippen molar-refractivity contribution in [1.82, 2.24) is 0 Å². The quantitative estimate of drug-likeness (QED) is 0.455. The minimum atomic E-state index is -0.998. The fourth-order valence-corrected chi connectivity index (χ4v) is 3.09. The van der Waals surface area contributed by atoms with Crippen LogP contribution in [0.3, 0.4) is 0 Å². The van der Waals surface area contributed by atoms with Crippen LogP contribution in [0, 0.1) is 11.8 Å². The van der Waals surface area contributed by atoms with Gasteiger partial charge in [0.25, 0.3) is 0 Å². The second-order valence-corrected chi connectivity index (χ2v) is 6.06. The molecule has 0 fully saturated rings. The molecule has 4 unspecified atom stereocenters. The van der Waals surface area contributed by atoms with E-state index in [2.05, 4.69) is 20.8 Å². The summed E-state index contributed by atoms with van der Waals surface area (Å²) in [4.78, 5) is 0. The molecule has 0 spiro atoms. The molecule has 3 N–H and O–H groups in total. The van der Waals surface area contributed by atoms with Crippen LogP contribution in [-0.4, -0.2) is 34.1 Å². The maximum absolute atomic E-state index is 10.3. The summed E-state index contributed by atoms with van der Waals surface area (Å²) < 4.78 is 0. The Labute approximate surface area is 125 Å². The molecule has 3 nitrogen and oxygen atoms in total. The van der Waals surface area contributed by atoms with Gasteiger partial charge in [-0.1, -0.05) is 72.1 Å². The van der Waals surface area contributed by atoms with Crippen molar-refractivity contribution in [1.29, 1.82) is 0 Å². The summed E-state index contributed by atoms with van der Waals surface area (Å²) in [6.07, 6.45) is 8.40. The van der Waals surface area contributed by atoms with Gasteiger partial charge in [0.15, 0.2) is 0 Å². The molecule has 0 aliphatic rings. The lowest BCUT2D eigenvalue weighted by Gasteiger charge is -2.32. The first kappa shape index (κ1) is 19.9. The fraction of sp³-hybridized carbons (Fsp3) is 1.00. The Hall–Kier alpha value is -0.120. The highest BCUT2D eigenvalue weighted by molar-refractivity contribution is 4.81. The zero-order valence-corrected chi connectivity index (χ0v) is 13.7. The Balaban J connectivity index is 4.58. The average molecular weight is 288 g/mol. The van der Waals surface area contributed by atoms with Gasteiger partial charge in [-0.25, -0.2) is 0 Å². The smallest absolute Gasteiger partial charge is 0.103 e. The molecule has 0 saturated heterocycles. The molecule has 0 amide bonds. The Morgan fingerprint density at radius 1 is 0.800 bits per heavy atom. The lowest BCUT2D eigenvalue weighted by atomic mass is 9.77. The minimum absolute atomic E-state index is 0.116. The van der Waals surface area contributed by atoms with E-state index >= 15 is 0 Å². The van der Waals surface area contributed by atoms with E-state index < -0.39 is 12.2 Å². The van der Waals surface area contributed by atoms with E-state index in [1.54, 1.807) is 0 Å². The van der Waals surface area contributed by atoms with Crippen LogP contribution in [0.2, 0.25) is 0 Å². The van der Waals surface area contributed by atoms with E-state index in [-0.39, 0.29) is 12.5 Å². The van der Waals surface area contributed by atoms with Gasteiger partial charge in [-0.05, 0) is 18.3 Å². The van der Waals surface area contributed by atoms with Gasteiger partial charge in [0.05, 0.1) is 12.7 Å². The molecule has 0 aliphatic carbocycles. The molecule has 122 valence electrons. The Morgan fingerprint density at radius 3 is 1.80 bits per heavy atom. The average Bonchev–Trinajstić information content (AvgIpc) is 2.47. The first-order chi connectivity index (χ1) is 9.62. The summed E-state index contributed by atoms with van der Waals surface area (Å²) in [5, 5.41) is 29.2. The number of hydrogen-bond donors (Lipinski definition) is 3. The summed E-state index contributed by atoms with van der Waals surface area (Å²) >= 11 is 0. The Bertz CT molecular complexity index is 208. The van der Waals surface area contributed by atoms with Gasteiger partial charge in [0.2, 0.25) is 0 Å². The summed E-state index contributed by atoms with van der Waals surface area (Å²) in [5.74, 6) is 0.570. The maximum Gasteiger partial charge on any atom is 0.103 e. The van der Waals surface area contributed by atoms with Crippen molar-refractivity contribution >= 4 is 0 Å². The molecule has 0 aromatic rings. The Kier molecular flexibility index (Phi) is 12.5. The molecule has 0 aliphatic heterocycles. The van der Waals surface area contributed by atoms with Crippen LogP contribution in [-0.2, 0) is 0 Å². The Morgan fingerprint density at radius 2 is 1.35 bits per heavy atom. The maximum atomic E-state index is 10.3. The first-order valence-electron chi connectivity index (χ1n) is 8.59. The molecular weight excluding hydrogens is 252 g/mol. The van der Waals surface area contributed by atoms with Crippen molar-refractivity contribution in [3.8, 4) is 0 Å². The molecule has 0 rings (SSSR count). The molecule has 4 atom stereocenters. The van der Waals surface area contributed by atoms with Crippen molar-refractivity contribution in [2.24, 2.45) is 11.8 Å². The van der Waals surface area contributed by atoms with Crippen molar-refractivity contribution in [3.05, 3.63) is 0 Å². The second-order valence-electron chi connectivity index (χ2n) is 6.06. The molecule has 0 saturated carbocycles. The summed E-state index contributed by atoms with van der Waals surface area (Å²) in [7, 11) is 0. The van der Waals surface area contributed by atoms with Crippen molar-refractivity contribution in [2.45, 2.75) is 90.8 Å². The molecule has 0 aromatic carbocycles. The van der Waals surface area contributed by atoms with Crippen molar-refractivity contribution < 1.29 is 15.3 Å². The molecule has 3 heteroatoms. The predicted molar refractivity (Wildman–Crippen MR) is 84.7 cm³/mol. The molecule has 0 radical (unpaired) electrons. The van der Waals surface area contributed by atoms with Crippen LogP contribution in [0.25, 0.3) is 0 Å². The lowest BCUT2D eigenvalue weighted by Crippen LogP contribution is -2.39. The number of rotatable bonds is 13. The summed E-state index contributed by atoms with van der Waals surface area (Å²) in [6, 6.07) is 0. The van der Waals surface area contributed by atoms with E-state index in [4.69, 9.17) is 5.11 Å². The minimum Gasteiger partial charge on any atom is -0.394 e. The van der Waals surface area contributed by atoms with Gasteiger partial charge in [-0.15, -0.1) is 0 Å². The van der Waals surface area contributed by atoms with Gasteiger partial charge in [0.1, 0.15) is 6.10 Å². The largest absolute Gasteiger partial charge is 0.394 e. The van der Waals surface area contributed by atoms with Crippen LogP contribution in [0.4, 0.5) is 0 Å². The molecule has 0 aromatic heterocycles. The van der Waals surface area contributed by atoms with Crippen molar-refractivity contribution in [3.63, 3.8) is 0 Å². The second kappa shape index (κ2) is 12.6. The molecule has 0 bridgehead atoms. The summed E-state index contributed by atoms with van der Waals surface area (Å²) in [5.41, 5.74) is 0. The van der Waals surface area contributed by atoms with Crippen LogP contribution in [0.5, 0.6) is 0 Å². The van der Waals surface area contributed by atoms with Gasteiger partial charge >= 0.3 is 0 Å². The highest BCUT2D eigenvalue weighted by Crippen LogP contribution is 2.31. The predicted octanol–water partition coefficient (Wildman–Crippen LogP) is 3.50. The van der Waals surface area contributed by atoms with Crippen LogP contribution in [0.1, 0.15) is 78.6 Å². The third-order valence-corrected chi connectivity index (χ3v) is 4.47. The van der Waals surface area contributed by atoms with Crippen LogP contribution < -0.4 is 0 Å². The van der Waals surface area contributed by atoms with Crippen LogP contribution >= 0.6 is 0 Å². The normalized spacial score (nSPS) is 17.7. The monoisotopic (exact) mass is 288 g/mol. The van der Waals surface area contributed by atoms with E-state index in [0.717, 1.165) is 32.1 Å². The van der Waals surface area contributed by atoms with E-state index in [0.29, 0.717) is 5.92 Å². The van der Waals surface area contributed by atoms with E-state index in [1.807, 2.05) is 0 Å². The lowest BCUT2D eigenvalue weighted by molar-refractivity contribution is -0.0608. The zero-order valence-electron chi connectivity index (χ0n) is 13.7. The topological polar surface area (TPSA) is 60.7 Å². The SMILES string of the molecule is CCCCCC(CC)C(CCCCC)C(O)C(O)CO. The van der Waals surface area contributed by atoms with E-state index in [1.165, 1.54) is 25.7 Å². The van der Waals surface area contributed by atoms with Crippen LogP contribution in [0.15, 0.2) is 0 Å². The molecule has 0 heterocycles. The molecular formula is C17H36O3. The number of aliphatic hydroxyl groups is 3. The third kappa shape index (κ3) is 7.61. The molecule has 20 heavy (non-hydrogen) atoms. The third-order valence-electron chi connectivity index (χ3n) is 4.47. The van der Waals surface area contributed by atoms with Gasteiger partial charge in [-0.3, -0.25) is 0 Å². The van der Waals surface area contributed by atoms with Gasteiger partial charge < -0.3 is 15.3 Å². The number of unbranched alkanes of at least 4 members (excludes halogenated alkanes) is 4. The van der Waals surface area contributed by atoms with Gasteiger partial charge in [0, 0.05) is 0 Å². The fourth-order valence-electron chi connectivity index (χ4n) is 3.09. The zero-order chi connectivity index (χ0) is 15.4. The summed E-state index contributed by atoms with van der Waals surface area (Å²) in [6.45, 7) is 6.19. The number of aliphatic hydroxyl groups excluding tert-OH is 3. The van der Waals surface area contributed by atoms with Gasteiger partial charge in [-0.2, -0.15) is 0 Å². The van der Waals surface area contributed by atoms with E-state index in [9.17, 15) is 10.2 Å².